The van der Waals surface area contributed by atoms with Crippen LogP contribution in [0, 0.1) is 0 Å². The van der Waals surface area contributed by atoms with Gasteiger partial charge >= 0.3 is 0 Å². The summed E-state index contributed by atoms with van der Waals surface area (Å²) in [6.45, 7) is 2.21. The van der Waals surface area contributed by atoms with Gasteiger partial charge in [0.1, 0.15) is 0 Å². The summed E-state index contributed by atoms with van der Waals surface area (Å²) in [5.41, 5.74) is 3.06. The Morgan fingerprint density at radius 1 is 1.26 bits per heavy atom. The predicted octanol–water partition coefficient (Wildman–Crippen LogP) is 2.25. The van der Waals surface area contributed by atoms with E-state index in [0.717, 1.165) is 17.7 Å². The van der Waals surface area contributed by atoms with Crippen molar-refractivity contribution in [2.75, 3.05) is 23.9 Å². The molecule has 0 fully saturated rings. The van der Waals surface area contributed by atoms with Crippen LogP contribution in [0.4, 0.5) is 11.4 Å². The third-order valence-corrected chi connectivity index (χ3v) is 3.82. The number of nitrogens with zero attached hydrogens (tertiary/aromatic N) is 2. The summed E-state index contributed by atoms with van der Waals surface area (Å²) in [4.78, 5) is 29.7. The standard InChI is InChI=1S/C17H17N3O3/c1-11(21)20-8-7-12-9-13(3-5-15(12)20)17(22)19-14-4-6-16(23-2)18-10-14/h3-6,9-10H,7-8H2,1-2H3,(H,19,22). The van der Waals surface area contributed by atoms with Crippen LogP contribution in [0.1, 0.15) is 22.8 Å². The SMILES string of the molecule is COc1ccc(NC(=O)c2ccc3c(c2)CCN3C(C)=O)cn1. The number of methoxy groups -OCH3 is 1. The molecule has 0 spiro atoms. The highest BCUT2D eigenvalue weighted by molar-refractivity contribution is 6.05. The van der Waals surface area contributed by atoms with Gasteiger partial charge in [-0.15, -0.1) is 0 Å². The van der Waals surface area contributed by atoms with Gasteiger partial charge in [-0.2, -0.15) is 0 Å². The van der Waals surface area contributed by atoms with Crippen LogP contribution in [0.2, 0.25) is 0 Å². The maximum atomic E-state index is 12.3. The predicted molar refractivity (Wildman–Crippen MR) is 86.9 cm³/mol. The fraction of sp³-hybridized carbons (Fsp3) is 0.235. The molecular formula is C17H17N3O3. The summed E-state index contributed by atoms with van der Waals surface area (Å²) < 4.78 is 4.98. The van der Waals surface area contributed by atoms with Crippen molar-refractivity contribution in [2.24, 2.45) is 0 Å². The topological polar surface area (TPSA) is 71.5 Å². The molecule has 2 amide bonds. The summed E-state index contributed by atoms with van der Waals surface area (Å²) >= 11 is 0. The van der Waals surface area contributed by atoms with Gasteiger partial charge in [-0.3, -0.25) is 9.59 Å². The molecule has 3 rings (SSSR count). The number of rotatable bonds is 3. The van der Waals surface area contributed by atoms with Crippen molar-refractivity contribution >= 4 is 23.2 Å². The Labute approximate surface area is 134 Å². The highest BCUT2D eigenvalue weighted by Gasteiger charge is 2.23. The van der Waals surface area contributed by atoms with Crippen molar-refractivity contribution in [3.63, 3.8) is 0 Å². The van der Waals surface area contributed by atoms with Gasteiger partial charge < -0.3 is 15.0 Å². The molecule has 0 unspecified atom stereocenters. The van der Waals surface area contributed by atoms with E-state index in [1.165, 1.54) is 7.11 Å². The van der Waals surface area contributed by atoms with E-state index < -0.39 is 0 Å². The Kier molecular flexibility index (Phi) is 3.97. The number of carbonyl (C=O) groups excluding carboxylic acids is 2. The van der Waals surface area contributed by atoms with Gasteiger partial charge in [0.2, 0.25) is 11.8 Å². The van der Waals surface area contributed by atoms with E-state index in [2.05, 4.69) is 10.3 Å². The molecule has 0 saturated carbocycles. The van der Waals surface area contributed by atoms with Gasteiger partial charge in [0, 0.05) is 30.8 Å². The lowest BCUT2D eigenvalue weighted by atomic mass is 10.1. The number of ether oxygens (including phenoxy) is 1. The Balaban J connectivity index is 1.77. The highest BCUT2D eigenvalue weighted by atomic mass is 16.5. The molecule has 0 radical (unpaired) electrons. The molecule has 1 aliphatic rings. The fourth-order valence-electron chi connectivity index (χ4n) is 2.65. The minimum Gasteiger partial charge on any atom is -0.481 e. The zero-order valence-electron chi connectivity index (χ0n) is 13.0. The van der Waals surface area contributed by atoms with Gasteiger partial charge in [-0.25, -0.2) is 4.98 Å². The Hall–Kier alpha value is -2.89. The Morgan fingerprint density at radius 2 is 2.09 bits per heavy atom. The summed E-state index contributed by atoms with van der Waals surface area (Å²) in [6, 6.07) is 8.81. The third-order valence-electron chi connectivity index (χ3n) is 3.82. The van der Waals surface area contributed by atoms with Crippen molar-refractivity contribution in [1.82, 2.24) is 4.98 Å². The van der Waals surface area contributed by atoms with Crippen LogP contribution in [-0.2, 0) is 11.2 Å². The van der Waals surface area contributed by atoms with E-state index in [1.54, 1.807) is 36.2 Å². The van der Waals surface area contributed by atoms with E-state index in [1.807, 2.05) is 12.1 Å². The first kappa shape index (κ1) is 15.0. The number of hydrogen-bond acceptors (Lipinski definition) is 4. The molecule has 118 valence electrons. The summed E-state index contributed by atoms with van der Waals surface area (Å²) in [5.74, 6) is 0.302. The number of amides is 2. The summed E-state index contributed by atoms with van der Waals surface area (Å²) in [7, 11) is 1.54. The number of nitrogens with one attached hydrogen (secondary N) is 1. The molecule has 2 aromatic rings. The molecule has 0 atom stereocenters. The van der Waals surface area contributed by atoms with E-state index in [-0.39, 0.29) is 11.8 Å². The molecule has 0 aliphatic carbocycles. The lowest BCUT2D eigenvalue weighted by Crippen LogP contribution is -2.25. The minimum atomic E-state index is -0.207. The molecule has 0 bridgehead atoms. The molecule has 23 heavy (non-hydrogen) atoms. The monoisotopic (exact) mass is 311 g/mol. The third kappa shape index (κ3) is 3.01. The first-order valence-electron chi connectivity index (χ1n) is 7.31. The number of anilines is 2. The number of fused-ring (bicyclic) bond motifs is 1. The quantitative estimate of drug-likeness (QED) is 0.943. The molecule has 1 aromatic carbocycles. The largest absolute Gasteiger partial charge is 0.481 e. The maximum Gasteiger partial charge on any atom is 0.255 e. The Morgan fingerprint density at radius 3 is 2.74 bits per heavy atom. The zero-order valence-corrected chi connectivity index (χ0v) is 13.0. The van der Waals surface area contributed by atoms with Crippen LogP contribution >= 0.6 is 0 Å². The van der Waals surface area contributed by atoms with Crippen LogP contribution in [0.25, 0.3) is 0 Å². The van der Waals surface area contributed by atoms with Crippen LogP contribution < -0.4 is 15.0 Å². The molecule has 6 heteroatoms. The lowest BCUT2D eigenvalue weighted by Gasteiger charge is -2.14. The van der Waals surface area contributed by atoms with Gasteiger partial charge in [0.25, 0.3) is 5.91 Å². The number of hydrogen-bond donors (Lipinski definition) is 1. The van der Waals surface area contributed by atoms with Gasteiger partial charge in [0.05, 0.1) is 19.0 Å². The van der Waals surface area contributed by atoms with Crippen molar-refractivity contribution in [1.29, 1.82) is 0 Å². The van der Waals surface area contributed by atoms with Crippen LogP contribution in [0.5, 0.6) is 5.88 Å². The first-order chi connectivity index (χ1) is 11.1. The van der Waals surface area contributed by atoms with Crippen molar-refractivity contribution in [2.45, 2.75) is 13.3 Å². The number of benzene rings is 1. The van der Waals surface area contributed by atoms with Crippen LogP contribution in [0.15, 0.2) is 36.5 Å². The summed E-state index contributed by atoms with van der Waals surface area (Å²) in [5, 5.41) is 2.80. The van der Waals surface area contributed by atoms with Gasteiger partial charge in [-0.05, 0) is 36.2 Å². The second-order valence-electron chi connectivity index (χ2n) is 5.31. The average molecular weight is 311 g/mol. The van der Waals surface area contributed by atoms with Crippen LogP contribution in [0.3, 0.4) is 0 Å². The molecule has 6 nitrogen and oxygen atoms in total. The average Bonchev–Trinajstić information content (AvgIpc) is 2.98. The number of pyridine rings is 1. The molecule has 1 aliphatic heterocycles. The fourth-order valence-corrected chi connectivity index (χ4v) is 2.65. The smallest absolute Gasteiger partial charge is 0.255 e. The molecular weight excluding hydrogens is 294 g/mol. The summed E-state index contributed by atoms with van der Waals surface area (Å²) in [6.07, 6.45) is 2.31. The van der Waals surface area contributed by atoms with E-state index >= 15 is 0 Å². The highest BCUT2D eigenvalue weighted by Crippen LogP contribution is 2.29. The van der Waals surface area contributed by atoms with Gasteiger partial charge in [-0.1, -0.05) is 0 Å². The first-order valence-corrected chi connectivity index (χ1v) is 7.31. The zero-order chi connectivity index (χ0) is 16.4. The van der Waals surface area contributed by atoms with E-state index in [9.17, 15) is 9.59 Å². The van der Waals surface area contributed by atoms with E-state index in [4.69, 9.17) is 4.74 Å². The number of aromatic nitrogens is 1. The van der Waals surface area contributed by atoms with E-state index in [0.29, 0.717) is 23.7 Å². The van der Waals surface area contributed by atoms with Crippen molar-refractivity contribution < 1.29 is 14.3 Å². The normalized spacial score (nSPS) is 12.7. The van der Waals surface area contributed by atoms with Crippen molar-refractivity contribution in [3.8, 4) is 5.88 Å². The second kappa shape index (κ2) is 6.08. The van der Waals surface area contributed by atoms with Crippen molar-refractivity contribution in [3.05, 3.63) is 47.7 Å². The molecule has 0 saturated heterocycles. The van der Waals surface area contributed by atoms with Crippen LogP contribution in [-0.4, -0.2) is 30.5 Å². The minimum absolute atomic E-state index is 0.0188. The molecule has 2 heterocycles. The lowest BCUT2D eigenvalue weighted by molar-refractivity contribution is -0.116. The Bertz CT molecular complexity index is 756. The molecule has 1 N–H and O–H groups in total. The molecule has 1 aromatic heterocycles. The number of carbonyl (C=O) groups is 2. The second-order valence-corrected chi connectivity index (χ2v) is 5.31. The van der Waals surface area contributed by atoms with Gasteiger partial charge in [0.15, 0.2) is 0 Å². The maximum absolute atomic E-state index is 12.3.